The number of thiophene rings is 1. The fourth-order valence-corrected chi connectivity index (χ4v) is 7.26. The van der Waals surface area contributed by atoms with Gasteiger partial charge in [0.1, 0.15) is 14.1 Å². The highest BCUT2D eigenvalue weighted by molar-refractivity contribution is 7.91. The molecule has 2 fully saturated rings. The number of morpholine rings is 1. The zero-order valence-electron chi connectivity index (χ0n) is 15.7. The summed E-state index contributed by atoms with van der Waals surface area (Å²) in [6.45, 7) is 5.03. The summed E-state index contributed by atoms with van der Waals surface area (Å²) in [5.41, 5.74) is 1.46. The molecule has 1 amide bonds. The summed E-state index contributed by atoms with van der Waals surface area (Å²) < 4.78 is 32.7. The molecule has 0 spiro atoms. The Morgan fingerprint density at radius 2 is 1.86 bits per heavy atom. The second-order valence-corrected chi connectivity index (χ2v) is 11.0. The lowest BCUT2D eigenvalue weighted by atomic mass is 10.1. The minimum Gasteiger partial charge on any atom is -0.379 e. The second-order valence-electron chi connectivity index (χ2n) is 6.96. The third-order valence-corrected chi connectivity index (χ3v) is 9.53. The fourth-order valence-electron chi connectivity index (χ4n) is 3.44. The molecule has 28 heavy (non-hydrogen) atoms. The first kappa shape index (κ1) is 20.0. The Morgan fingerprint density at radius 1 is 1.14 bits per heavy atom. The van der Waals surface area contributed by atoms with Gasteiger partial charge in [-0.3, -0.25) is 4.79 Å². The number of aromatic nitrogens is 1. The first-order valence-corrected chi connectivity index (χ1v) is 12.5. The van der Waals surface area contributed by atoms with Crippen LogP contribution >= 0.6 is 22.7 Å². The summed E-state index contributed by atoms with van der Waals surface area (Å²) in [4.78, 5) is 19.9. The van der Waals surface area contributed by atoms with E-state index in [1.807, 2.05) is 11.8 Å². The van der Waals surface area contributed by atoms with E-state index in [1.54, 1.807) is 11.4 Å². The molecule has 2 aromatic heterocycles. The molecule has 2 aromatic rings. The van der Waals surface area contributed by atoms with Crippen molar-refractivity contribution in [3.8, 4) is 10.6 Å². The van der Waals surface area contributed by atoms with Gasteiger partial charge in [0, 0.05) is 37.1 Å². The van der Waals surface area contributed by atoms with Crippen molar-refractivity contribution in [2.24, 2.45) is 0 Å². The third kappa shape index (κ3) is 3.88. The summed E-state index contributed by atoms with van der Waals surface area (Å²) >= 11 is 2.55. The van der Waals surface area contributed by atoms with E-state index in [0.29, 0.717) is 46.1 Å². The van der Waals surface area contributed by atoms with Gasteiger partial charge in [0.05, 0.1) is 18.9 Å². The molecular weight excluding hydrogens is 418 g/mol. The average molecular weight is 442 g/mol. The van der Waals surface area contributed by atoms with Crippen molar-refractivity contribution in [2.75, 3.05) is 39.4 Å². The van der Waals surface area contributed by atoms with Crippen LogP contribution in [-0.4, -0.2) is 67.9 Å². The second kappa shape index (κ2) is 8.19. The van der Waals surface area contributed by atoms with Gasteiger partial charge in [-0.25, -0.2) is 13.4 Å². The first-order chi connectivity index (χ1) is 13.5. The molecule has 152 valence electrons. The fraction of sp³-hybridized carbons (Fsp3) is 0.556. The van der Waals surface area contributed by atoms with E-state index in [4.69, 9.17) is 4.74 Å². The molecule has 2 aliphatic heterocycles. The van der Waals surface area contributed by atoms with Gasteiger partial charge < -0.3 is 9.64 Å². The number of nitrogens with zero attached hydrogens (tertiary/aromatic N) is 3. The van der Waals surface area contributed by atoms with E-state index in [0.717, 1.165) is 31.5 Å². The SMILES string of the molecule is Cc1nc(-c2csc(S(=O)(=O)N3CCOCC3)c2)sc1C(=O)N1CCCCC1. The number of carbonyl (C=O) groups is 1. The van der Waals surface area contributed by atoms with E-state index in [1.165, 1.54) is 33.4 Å². The molecule has 2 aliphatic rings. The largest absolute Gasteiger partial charge is 0.379 e. The van der Waals surface area contributed by atoms with Gasteiger partial charge in [-0.1, -0.05) is 0 Å². The molecule has 0 saturated carbocycles. The lowest BCUT2D eigenvalue weighted by Gasteiger charge is -2.26. The number of piperidine rings is 1. The predicted molar refractivity (Wildman–Crippen MR) is 109 cm³/mol. The zero-order valence-corrected chi connectivity index (χ0v) is 18.2. The van der Waals surface area contributed by atoms with Crippen molar-refractivity contribution in [3.05, 3.63) is 22.0 Å². The lowest BCUT2D eigenvalue weighted by Crippen LogP contribution is -2.40. The van der Waals surface area contributed by atoms with Crippen molar-refractivity contribution >= 4 is 38.6 Å². The Morgan fingerprint density at radius 3 is 2.57 bits per heavy atom. The number of sulfonamides is 1. The number of hydrogen-bond acceptors (Lipinski definition) is 7. The van der Waals surface area contributed by atoms with Gasteiger partial charge in [-0.05, 0) is 32.3 Å². The van der Waals surface area contributed by atoms with E-state index in [2.05, 4.69) is 4.98 Å². The Bertz CT molecular complexity index is 955. The molecule has 10 heteroatoms. The molecule has 0 N–H and O–H groups in total. The lowest BCUT2D eigenvalue weighted by molar-refractivity contribution is 0.0728. The molecule has 0 bridgehead atoms. The van der Waals surface area contributed by atoms with Crippen LogP contribution in [0.25, 0.3) is 10.6 Å². The van der Waals surface area contributed by atoms with Crippen LogP contribution in [0.2, 0.25) is 0 Å². The topological polar surface area (TPSA) is 79.8 Å². The predicted octanol–water partition coefficient (Wildman–Crippen LogP) is 2.83. The molecule has 2 saturated heterocycles. The quantitative estimate of drug-likeness (QED) is 0.729. The molecule has 0 unspecified atom stereocenters. The Labute approximate surface area is 173 Å². The zero-order chi connectivity index (χ0) is 19.7. The number of ether oxygens (including phenoxy) is 1. The van der Waals surface area contributed by atoms with E-state index in [-0.39, 0.29) is 5.91 Å². The van der Waals surface area contributed by atoms with Crippen LogP contribution < -0.4 is 0 Å². The van der Waals surface area contributed by atoms with Gasteiger partial charge in [-0.15, -0.1) is 22.7 Å². The van der Waals surface area contributed by atoms with Gasteiger partial charge in [0.2, 0.25) is 0 Å². The average Bonchev–Trinajstić information content (AvgIpc) is 3.36. The van der Waals surface area contributed by atoms with E-state index >= 15 is 0 Å². The molecule has 0 atom stereocenters. The normalized spacial score (nSPS) is 19.1. The van der Waals surface area contributed by atoms with Gasteiger partial charge in [-0.2, -0.15) is 4.31 Å². The van der Waals surface area contributed by atoms with Gasteiger partial charge in [0.15, 0.2) is 0 Å². The maximum atomic E-state index is 12.8. The maximum absolute atomic E-state index is 12.8. The smallest absolute Gasteiger partial charge is 0.265 e. The monoisotopic (exact) mass is 441 g/mol. The van der Waals surface area contributed by atoms with Crippen LogP contribution in [0, 0.1) is 6.92 Å². The van der Waals surface area contributed by atoms with Crippen molar-refractivity contribution in [3.63, 3.8) is 0 Å². The summed E-state index contributed by atoms with van der Waals surface area (Å²) in [7, 11) is -3.51. The highest BCUT2D eigenvalue weighted by Gasteiger charge is 2.29. The first-order valence-electron chi connectivity index (χ1n) is 9.40. The number of likely N-dealkylation sites (tertiary alicyclic amines) is 1. The number of amides is 1. The molecule has 0 aromatic carbocycles. The minimum atomic E-state index is -3.51. The molecule has 4 rings (SSSR count). The van der Waals surface area contributed by atoms with Gasteiger partial charge in [0.25, 0.3) is 15.9 Å². The highest BCUT2D eigenvalue weighted by atomic mass is 32.2. The summed E-state index contributed by atoms with van der Waals surface area (Å²) in [5, 5.41) is 2.50. The van der Waals surface area contributed by atoms with Crippen LogP contribution in [0.15, 0.2) is 15.7 Å². The summed E-state index contributed by atoms with van der Waals surface area (Å²) in [6.07, 6.45) is 3.26. The maximum Gasteiger partial charge on any atom is 0.265 e. The van der Waals surface area contributed by atoms with Crippen LogP contribution in [-0.2, 0) is 14.8 Å². The Balaban J connectivity index is 1.56. The number of rotatable bonds is 4. The van der Waals surface area contributed by atoms with Crippen LogP contribution in [0.5, 0.6) is 0 Å². The van der Waals surface area contributed by atoms with Crippen LogP contribution in [0.4, 0.5) is 0 Å². The van der Waals surface area contributed by atoms with Crippen molar-refractivity contribution in [2.45, 2.75) is 30.4 Å². The number of aryl methyl sites for hydroxylation is 1. The third-order valence-electron chi connectivity index (χ3n) is 5.02. The van der Waals surface area contributed by atoms with Gasteiger partial charge >= 0.3 is 0 Å². The van der Waals surface area contributed by atoms with Crippen molar-refractivity contribution in [1.82, 2.24) is 14.2 Å². The standard InChI is InChI=1S/C18H23N3O4S3/c1-13-16(18(22)20-5-3-2-4-6-20)27-17(19-13)14-11-15(26-12-14)28(23,24)21-7-9-25-10-8-21/h11-12H,2-10H2,1H3. The summed E-state index contributed by atoms with van der Waals surface area (Å²) in [6, 6.07) is 1.67. The van der Waals surface area contributed by atoms with Crippen LogP contribution in [0.3, 0.4) is 0 Å². The molecular formula is C18H23N3O4S3. The molecule has 0 aliphatic carbocycles. The van der Waals surface area contributed by atoms with Crippen LogP contribution in [0.1, 0.15) is 34.6 Å². The molecule has 7 nitrogen and oxygen atoms in total. The van der Waals surface area contributed by atoms with Crippen molar-refractivity contribution in [1.29, 1.82) is 0 Å². The number of thiazole rings is 1. The Hall–Kier alpha value is -1.33. The molecule has 4 heterocycles. The molecule has 0 radical (unpaired) electrons. The van der Waals surface area contributed by atoms with Crippen molar-refractivity contribution < 1.29 is 17.9 Å². The highest BCUT2D eigenvalue weighted by Crippen LogP contribution is 2.34. The van der Waals surface area contributed by atoms with E-state index in [9.17, 15) is 13.2 Å². The Kier molecular flexibility index (Phi) is 5.84. The minimum absolute atomic E-state index is 0.0392. The number of carbonyl (C=O) groups excluding carboxylic acids is 1. The summed E-state index contributed by atoms with van der Waals surface area (Å²) in [5.74, 6) is 0.0392. The van der Waals surface area contributed by atoms with E-state index < -0.39 is 10.0 Å². The number of hydrogen-bond donors (Lipinski definition) is 0.